The Labute approximate surface area is 81.1 Å². The van der Waals surface area contributed by atoms with Crippen molar-refractivity contribution < 1.29 is 0 Å². The highest BCUT2D eigenvalue weighted by atomic mass is 35.5. The number of fused-ring (bicyclic) bond motifs is 1. The molecule has 0 bridgehead atoms. The summed E-state index contributed by atoms with van der Waals surface area (Å²) in [6.07, 6.45) is 7.15. The molecule has 0 unspecified atom stereocenters. The molecule has 64 valence electrons. The molecule has 2 aromatic heterocycles. The summed E-state index contributed by atoms with van der Waals surface area (Å²) < 4.78 is 1.89. The summed E-state index contributed by atoms with van der Waals surface area (Å²) in [6, 6.07) is 3.62. The van der Waals surface area contributed by atoms with Crippen molar-refractivity contribution >= 4 is 22.6 Å². The first-order chi connectivity index (χ1) is 6.22. The van der Waals surface area contributed by atoms with E-state index in [4.69, 9.17) is 18.0 Å². The Kier molecular flexibility index (Phi) is 1.75. The maximum Gasteiger partial charge on any atom is 0.142 e. The van der Waals surface area contributed by atoms with E-state index in [2.05, 4.69) is 10.9 Å². The number of aromatic nitrogens is 2. The summed E-state index contributed by atoms with van der Waals surface area (Å²) >= 11 is 6.01. The van der Waals surface area contributed by atoms with Gasteiger partial charge in [-0.1, -0.05) is 17.5 Å². The molecule has 2 rings (SSSR count). The van der Waals surface area contributed by atoms with Crippen LogP contribution in [-0.4, -0.2) is 9.55 Å². The summed E-state index contributed by atoms with van der Waals surface area (Å²) in [6.45, 7) is 0. The minimum atomic E-state index is 0.569. The molecular weight excluding hydrogens is 184 g/mol. The standard InChI is InChI=1S/C10H7ClN2/c1-3-7-6-9(11)8-4-5-13(2)10(8)12-7/h1,4-6H,2H3. The molecule has 2 nitrogen and oxygen atoms in total. The molecule has 0 aliphatic rings. The van der Waals surface area contributed by atoms with Crippen LogP contribution in [0.1, 0.15) is 5.69 Å². The molecule has 0 N–H and O–H groups in total. The number of nitrogens with zero attached hydrogens (tertiary/aromatic N) is 2. The normalized spacial score (nSPS) is 10.2. The molecule has 0 fully saturated rings. The van der Waals surface area contributed by atoms with Gasteiger partial charge >= 0.3 is 0 Å². The zero-order chi connectivity index (χ0) is 9.42. The van der Waals surface area contributed by atoms with Crippen LogP contribution in [0.3, 0.4) is 0 Å². The SMILES string of the molecule is C#Cc1cc(Cl)c2ccn(C)c2n1. The third kappa shape index (κ3) is 1.18. The van der Waals surface area contributed by atoms with Gasteiger partial charge in [-0.3, -0.25) is 0 Å². The summed E-state index contributed by atoms with van der Waals surface area (Å²) in [4.78, 5) is 4.26. The Morgan fingerprint density at radius 1 is 1.62 bits per heavy atom. The monoisotopic (exact) mass is 190 g/mol. The van der Waals surface area contributed by atoms with Gasteiger partial charge in [-0.15, -0.1) is 6.42 Å². The van der Waals surface area contributed by atoms with Gasteiger partial charge in [0.05, 0.1) is 5.02 Å². The Bertz CT molecular complexity index is 505. The number of rotatable bonds is 0. The number of aryl methyl sites for hydroxylation is 1. The molecular formula is C10H7ClN2. The number of hydrogen-bond donors (Lipinski definition) is 0. The van der Waals surface area contributed by atoms with Crippen molar-refractivity contribution in [2.75, 3.05) is 0 Å². The molecule has 0 amide bonds. The molecule has 0 atom stereocenters. The quantitative estimate of drug-likeness (QED) is 0.583. The van der Waals surface area contributed by atoms with Crippen molar-refractivity contribution in [3.05, 3.63) is 29.0 Å². The van der Waals surface area contributed by atoms with Gasteiger partial charge < -0.3 is 4.57 Å². The van der Waals surface area contributed by atoms with Crippen LogP contribution in [0.25, 0.3) is 11.0 Å². The third-order valence-electron chi connectivity index (χ3n) is 1.93. The summed E-state index contributed by atoms with van der Waals surface area (Å²) in [5.74, 6) is 2.47. The molecule has 0 saturated carbocycles. The van der Waals surface area contributed by atoms with Crippen LogP contribution in [0.5, 0.6) is 0 Å². The maximum atomic E-state index is 6.01. The van der Waals surface area contributed by atoms with E-state index in [-0.39, 0.29) is 0 Å². The second kappa shape index (κ2) is 2.79. The molecule has 2 aromatic rings. The first-order valence-electron chi connectivity index (χ1n) is 3.80. The number of terminal acetylenes is 1. The van der Waals surface area contributed by atoms with E-state index in [9.17, 15) is 0 Å². The molecule has 0 aliphatic carbocycles. The average Bonchev–Trinajstić information content (AvgIpc) is 2.48. The fraction of sp³-hybridized carbons (Fsp3) is 0.100. The fourth-order valence-electron chi connectivity index (χ4n) is 1.27. The van der Waals surface area contributed by atoms with E-state index < -0.39 is 0 Å². The lowest BCUT2D eigenvalue weighted by atomic mass is 10.3. The molecule has 0 spiro atoms. The Balaban J connectivity index is 2.90. The van der Waals surface area contributed by atoms with Gasteiger partial charge in [-0.25, -0.2) is 4.98 Å². The minimum Gasteiger partial charge on any atom is -0.335 e. The maximum absolute atomic E-state index is 6.01. The first-order valence-corrected chi connectivity index (χ1v) is 4.18. The van der Waals surface area contributed by atoms with Gasteiger partial charge in [-0.2, -0.15) is 0 Å². The third-order valence-corrected chi connectivity index (χ3v) is 2.25. The van der Waals surface area contributed by atoms with Gasteiger partial charge in [0.2, 0.25) is 0 Å². The highest BCUT2D eigenvalue weighted by Crippen LogP contribution is 2.22. The van der Waals surface area contributed by atoms with E-state index in [0.29, 0.717) is 10.7 Å². The first kappa shape index (κ1) is 8.15. The van der Waals surface area contributed by atoms with E-state index in [1.165, 1.54) is 0 Å². The lowest BCUT2D eigenvalue weighted by Crippen LogP contribution is -1.90. The van der Waals surface area contributed by atoms with E-state index >= 15 is 0 Å². The van der Waals surface area contributed by atoms with Crippen molar-refractivity contribution in [2.45, 2.75) is 0 Å². The van der Waals surface area contributed by atoms with Crippen molar-refractivity contribution in [2.24, 2.45) is 7.05 Å². The highest BCUT2D eigenvalue weighted by Gasteiger charge is 2.05. The molecule has 0 radical (unpaired) electrons. The van der Waals surface area contributed by atoms with Crippen molar-refractivity contribution in [1.82, 2.24) is 9.55 Å². The van der Waals surface area contributed by atoms with E-state index in [1.54, 1.807) is 6.07 Å². The number of pyridine rings is 1. The van der Waals surface area contributed by atoms with Crippen LogP contribution in [0.4, 0.5) is 0 Å². The van der Waals surface area contributed by atoms with Crippen molar-refractivity contribution in [3.8, 4) is 12.3 Å². The van der Waals surface area contributed by atoms with Crippen LogP contribution in [0, 0.1) is 12.3 Å². The minimum absolute atomic E-state index is 0.569. The number of hydrogen-bond acceptors (Lipinski definition) is 1. The number of halogens is 1. The molecule has 3 heteroatoms. The average molecular weight is 191 g/mol. The van der Waals surface area contributed by atoms with E-state index in [0.717, 1.165) is 11.0 Å². The van der Waals surface area contributed by atoms with Gasteiger partial charge in [0.1, 0.15) is 11.3 Å². The molecule has 2 heterocycles. The van der Waals surface area contributed by atoms with Gasteiger partial charge in [0.25, 0.3) is 0 Å². The Morgan fingerprint density at radius 2 is 2.38 bits per heavy atom. The highest BCUT2D eigenvalue weighted by molar-refractivity contribution is 6.35. The molecule has 0 aliphatic heterocycles. The lowest BCUT2D eigenvalue weighted by Gasteiger charge is -1.98. The van der Waals surface area contributed by atoms with E-state index in [1.807, 2.05) is 23.9 Å². The molecule has 0 aromatic carbocycles. The summed E-state index contributed by atoms with van der Waals surface area (Å²) in [7, 11) is 1.91. The van der Waals surface area contributed by atoms with Gasteiger partial charge in [0, 0.05) is 18.6 Å². The largest absolute Gasteiger partial charge is 0.335 e. The van der Waals surface area contributed by atoms with Crippen LogP contribution in [0.2, 0.25) is 5.02 Å². The van der Waals surface area contributed by atoms with Crippen molar-refractivity contribution in [3.63, 3.8) is 0 Å². The van der Waals surface area contributed by atoms with Crippen LogP contribution >= 0.6 is 11.6 Å². The van der Waals surface area contributed by atoms with Crippen LogP contribution in [0.15, 0.2) is 18.3 Å². The second-order valence-electron chi connectivity index (χ2n) is 2.80. The Hall–Kier alpha value is -1.46. The van der Waals surface area contributed by atoms with Gasteiger partial charge in [-0.05, 0) is 12.1 Å². The lowest BCUT2D eigenvalue weighted by molar-refractivity contribution is 0.947. The van der Waals surface area contributed by atoms with Crippen LogP contribution < -0.4 is 0 Å². The smallest absolute Gasteiger partial charge is 0.142 e. The molecule has 0 saturated heterocycles. The summed E-state index contributed by atoms with van der Waals surface area (Å²) in [5.41, 5.74) is 1.39. The predicted octanol–water partition coefficient (Wildman–Crippen LogP) is 2.21. The zero-order valence-corrected chi connectivity index (χ0v) is 7.84. The second-order valence-corrected chi connectivity index (χ2v) is 3.20. The van der Waals surface area contributed by atoms with Crippen LogP contribution in [-0.2, 0) is 7.05 Å². The van der Waals surface area contributed by atoms with Gasteiger partial charge in [0.15, 0.2) is 0 Å². The topological polar surface area (TPSA) is 17.8 Å². The van der Waals surface area contributed by atoms with Crippen molar-refractivity contribution in [1.29, 1.82) is 0 Å². The Morgan fingerprint density at radius 3 is 3.08 bits per heavy atom. The predicted molar refractivity (Wildman–Crippen MR) is 53.7 cm³/mol. The zero-order valence-electron chi connectivity index (χ0n) is 7.08. The summed E-state index contributed by atoms with van der Waals surface area (Å²) in [5, 5.41) is 1.58. The fourth-order valence-corrected chi connectivity index (χ4v) is 1.52. The molecule has 13 heavy (non-hydrogen) atoms.